The Balaban J connectivity index is 2.05. The molecule has 0 amide bonds. The number of nitrogens with zero attached hydrogens (tertiary/aromatic N) is 1. The minimum Gasteiger partial charge on any atom is -0.237 e. The number of rotatable bonds is 2. The molecule has 0 radical (unpaired) electrons. The van der Waals surface area contributed by atoms with Crippen LogP contribution in [0.15, 0.2) is 33.9 Å². The van der Waals surface area contributed by atoms with Gasteiger partial charge in [-0.3, -0.25) is 0 Å². The quantitative estimate of drug-likeness (QED) is 0.785. The molecule has 1 heterocycles. The summed E-state index contributed by atoms with van der Waals surface area (Å²) in [6, 6.07) is 0. The van der Waals surface area contributed by atoms with E-state index in [1.165, 1.54) is 23.3 Å². The van der Waals surface area contributed by atoms with Gasteiger partial charge in [-0.2, -0.15) is 0 Å². The summed E-state index contributed by atoms with van der Waals surface area (Å²) in [6.07, 6.45) is 12.1. The molecule has 1 aliphatic carbocycles. The highest BCUT2D eigenvalue weighted by Crippen LogP contribution is 2.22. The Morgan fingerprint density at radius 2 is 2.38 bits per heavy atom. The zero-order valence-corrected chi connectivity index (χ0v) is 9.57. The molecule has 0 fully saturated rings. The van der Waals surface area contributed by atoms with Crippen molar-refractivity contribution < 1.29 is 0 Å². The molecule has 1 aromatic rings. The molecule has 0 unspecified atom stereocenters. The van der Waals surface area contributed by atoms with Crippen LogP contribution in [0.4, 0.5) is 0 Å². The van der Waals surface area contributed by atoms with Crippen molar-refractivity contribution in [3.05, 3.63) is 38.8 Å². The number of hydrogen-bond acceptors (Lipinski definition) is 2. The van der Waals surface area contributed by atoms with Gasteiger partial charge in [-0.05, 0) is 34.3 Å². The standard InChI is InChI=1S/C10H10BrNS/c11-10-12-7-9(13-10)6-8-4-2-1-3-5-8/h2,4-5,7H,1,3,6H2. The van der Waals surface area contributed by atoms with Crippen molar-refractivity contribution in [3.63, 3.8) is 0 Å². The molecule has 0 N–H and O–H groups in total. The molecule has 0 aromatic carbocycles. The average molecular weight is 256 g/mol. The third-order valence-corrected chi connectivity index (χ3v) is 3.45. The van der Waals surface area contributed by atoms with Crippen molar-refractivity contribution >= 4 is 27.3 Å². The van der Waals surface area contributed by atoms with Gasteiger partial charge in [0.25, 0.3) is 0 Å². The number of thiazole rings is 1. The lowest BCUT2D eigenvalue weighted by atomic mass is 10.0. The summed E-state index contributed by atoms with van der Waals surface area (Å²) in [5.74, 6) is 0. The molecule has 0 saturated carbocycles. The van der Waals surface area contributed by atoms with Crippen molar-refractivity contribution in [2.24, 2.45) is 0 Å². The number of hydrogen-bond donors (Lipinski definition) is 0. The fraction of sp³-hybridized carbons (Fsp3) is 0.300. The SMILES string of the molecule is Brc1ncc(CC2=CCCC=C2)s1. The first-order valence-corrected chi connectivity index (χ1v) is 5.91. The van der Waals surface area contributed by atoms with E-state index in [1.54, 1.807) is 11.3 Å². The first-order valence-electron chi connectivity index (χ1n) is 4.30. The van der Waals surface area contributed by atoms with E-state index in [1.807, 2.05) is 6.20 Å². The van der Waals surface area contributed by atoms with E-state index in [2.05, 4.69) is 39.1 Å². The molecule has 13 heavy (non-hydrogen) atoms. The van der Waals surface area contributed by atoms with E-state index in [4.69, 9.17) is 0 Å². The third-order valence-electron chi connectivity index (χ3n) is 1.98. The van der Waals surface area contributed by atoms with Crippen LogP contribution in [0.2, 0.25) is 0 Å². The van der Waals surface area contributed by atoms with Crippen LogP contribution in [0.3, 0.4) is 0 Å². The minimum absolute atomic E-state index is 0.975. The molecule has 1 aromatic heterocycles. The molecule has 2 rings (SSSR count). The van der Waals surface area contributed by atoms with Gasteiger partial charge in [-0.1, -0.05) is 18.2 Å². The lowest BCUT2D eigenvalue weighted by Gasteiger charge is -2.03. The van der Waals surface area contributed by atoms with Gasteiger partial charge in [-0.25, -0.2) is 4.98 Å². The van der Waals surface area contributed by atoms with E-state index in [0.717, 1.165) is 10.3 Å². The van der Waals surface area contributed by atoms with Crippen LogP contribution in [-0.4, -0.2) is 4.98 Å². The molecular formula is C10H10BrNS. The van der Waals surface area contributed by atoms with E-state index in [-0.39, 0.29) is 0 Å². The molecule has 0 aliphatic heterocycles. The van der Waals surface area contributed by atoms with E-state index in [0.29, 0.717) is 0 Å². The van der Waals surface area contributed by atoms with Crippen molar-refractivity contribution in [2.75, 3.05) is 0 Å². The lowest BCUT2D eigenvalue weighted by molar-refractivity contribution is 0.997. The van der Waals surface area contributed by atoms with Gasteiger partial charge in [0.1, 0.15) is 0 Å². The summed E-state index contributed by atoms with van der Waals surface area (Å²) in [5.41, 5.74) is 1.42. The van der Waals surface area contributed by atoms with Crippen LogP contribution in [0.5, 0.6) is 0 Å². The first-order chi connectivity index (χ1) is 6.34. The topological polar surface area (TPSA) is 12.9 Å². The molecule has 0 atom stereocenters. The largest absolute Gasteiger partial charge is 0.237 e. The van der Waals surface area contributed by atoms with Crippen LogP contribution >= 0.6 is 27.3 Å². The van der Waals surface area contributed by atoms with Gasteiger partial charge in [0.2, 0.25) is 0 Å². The summed E-state index contributed by atoms with van der Waals surface area (Å²) >= 11 is 5.08. The summed E-state index contributed by atoms with van der Waals surface area (Å²) in [4.78, 5) is 5.49. The van der Waals surface area contributed by atoms with Crippen LogP contribution in [0.1, 0.15) is 17.7 Å². The van der Waals surface area contributed by atoms with E-state index >= 15 is 0 Å². The fourth-order valence-corrected chi connectivity index (χ4v) is 2.76. The molecule has 1 nitrogen and oxygen atoms in total. The van der Waals surface area contributed by atoms with Crippen molar-refractivity contribution in [1.29, 1.82) is 0 Å². The van der Waals surface area contributed by atoms with Gasteiger partial charge >= 0.3 is 0 Å². The number of halogens is 1. The molecule has 0 saturated heterocycles. The van der Waals surface area contributed by atoms with Crippen molar-refractivity contribution in [1.82, 2.24) is 4.98 Å². The molecule has 0 spiro atoms. The maximum atomic E-state index is 4.17. The highest BCUT2D eigenvalue weighted by atomic mass is 79.9. The second-order valence-corrected chi connectivity index (χ2v) is 5.41. The molecular weight excluding hydrogens is 246 g/mol. The van der Waals surface area contributed by atoms with Gasteiger partial charge < -0.3 is 0 Å². The van der Waals surface area contributed by atoms with E-state index in [9.17, 15) is 0 Å². The van der Waals surface area contributed by atoms with Crippen LogP contribution in [-0.2, 0) is 6.42 Å². The Hall–Kier alpha value is -0.410. The van der Waals surface area contributed by atoms with Crippen LogP contribution < -0.4 is 0 Å². The summed E-state index contributed by atoms with van der Waals surface area (Å²) in [7, 11) is 0. The monoisotopic (exact) mass is 255 g/mol. The smallest absolute Gasteiger partial charge is 0.159 e. The lowest BCUT2D eigenvalue weighted by Crippen LogP contribution is -1.88. The highest BCUT2D eigenvalue weighted by Gasteiger charge is 2.02. The predicted octanol–water partition coefficient (Wildman–Crippen LogP) is 3.72. The minimum atomic E-state index is 0.975. The third kappa shape index (κ3) is 2.51. The molecule has 0 bridgehead atoms. The predicted molar refractivity (Wildman–Crippen MR) is 60.0 cm³/mol. The Morgan fingerprint density at radius 3 is 3.00 bits per heavy atom. The van der Waals surface area contributed by atoms with Crippen LogP contribution in [0, 0.1) is 0 Å². The average Bonchev–Trinajstić information content (AvgIpc) is 2.53. The van der Waals surface area contributed by atoms with E-state index < -0.39 is 0 Å². The second kappa shape index (κ2) is 4.20. The van der Waals surface area contributed by atoms with Gasteiger partial charge in [0.15, 0.2) is 3.92 Å². The highest BCUT2D eigenvalue weighted by molar-refractivity contribution is 9.11. The summed E-state index contributed by atoms with van der Waals surface area (Å²) < 4.78 is 0.975. The normalized spacial score (nSPS) is 15.9. The second-order valence-electron chi connectivity index (χ2n) is 3.02. The molecule has 3 heteroatoms. The number of aromatic nitrogens is 1. The van der Waals surface area contributed by atoms with Crippen LogP contribution in [0.25, 0.3) is 0 Å². The molecule has 1 aliphatic rings. The first kappa shape index (κ1) is 9.16. The zero-order chi connectivity index (χ0) is 9.10. The van der Waals surface area contributed by atoms with Crippen molar-refractivity contribution in [2.45, 2.75) is 19.3 Å². The Kier molecular flexibility index (Phi) is 2.96. The van der Waals surface area contributed by atoms with Gasteiger partial charge in [-0.15, -0.1) is 11.3 Å². The molecule has 68 valence electrons. The Bertz CT molecular complexity index is 352. The summed E-state index contributed by atoms with van der Waals surface area (Å²) in [5, 5.41) is 0. The van der Waals surface area contributed by atoms with Gasteiger partial charge in [0.05, 0.1) is 0 Å². The number of allylic oxidation sites excluding steroid dienone is 4. The summed E-state index contributed by atoms with van der Waals surface area (Å²) in [6.45, 7) is 0. The van der Waals surface area contributed by atoms with Crippen molar-refractivity contribution in [3.8, 4) is 0 Å². The zero-order valence-electron chi connectivity index (χ0n) is 7.16. The van der Waals surface area contributed by atoms with Gasteiger partial charge in [0, 0.05) is 17.5 Å². The Morgan fingerprint density at radius 1 is 1.46 bits per heavy atom. The maximum absolute atomic E-state index is 4.17. The maximum Gasteiger partial charge on any atom is 0.159 e. The Labute approximate surface area is 90.3 Å². The fourth-order valence-electron chi connectivity index (χ4n) is 1.37.